The fraction of sp³-hybridized carbons (Fsp3) is 1.00. The number of hydrogen-bond donors (Lipinski definition) is 0. The van der Waals surface area contributed by atoms with Gasteiger partial charge in [-0.15, -0.1) is 0 Å². The van der Waals surface area contributed by atoms with Crippen molar-refractivity contribution in [3.8, 4) is 0 Å². The quantitative estimate of drug-likeness (QED) is 0.608. The van der Waals surface area contributed by atoms with Crippen molar-refractivity contribution in [2.24, 2.45) is 0 Å². The molecule has 0 saturated heterocycles. The van der Waals surface area contributed by atoms with Crippen LogP contribution < -0.4 is 0 Å². The van der Waals surface area contributed by atoms with E-state index in [0.29, 0.717) is 0 Å². The van der Waals surface area contributed by atoms with Gasteiger partial charge in [0.15, 0.2) is 0 Å². The van der Waals surface area contributed by atoms with Gasteiger partial charge in [-0.2, -0.15) is 0 Å². The second-order valence-corrected chi connectivity index (χ2v) is 11.3. The summed E-state index contributed by atoms with van der Waals surface area (Å²) in [5.74, 6) is 0. The van der Waals surface area contributed by atoms with Crippen LogP contribution in [0, 0.1) is 0 Å². The normalized spacial score (nSPS) is 10.9. The molecule has 0 unspecified atom stereocenters. The Hall–Kier alpha value is 0.818. The molecule has 68 valence electrons. The molecular formula is C10H23Sb. The second-order valence-electron chi connectivity index (χ2n) is 3.14. The van der Waals surface area contributed by atoms with E-state index in [1.165, 1.54) is 25.7 Å². The third-order valence-electron chi connectivity index (χ3n) is 2.10. The van der Waals surface area contributed by atoms with Crippen LogP contribution >= 0.6 is 0 Å². The SMILES string of the molecule is CCC[CH2][Sb]([CH2]C)[CH2]CCC. The predicted octanol–water partition coefficient (Wildman–Crippen LogP) is 4.10. The van der Waals surface area contributed by atoms with Crippen LogP contribution in [0.1, 0.15) is 46.5 Å². The fourth-order valence-corrected chi connectivity index (χ4v) is 7.99. The Balaban J connectivity index is 3.25. The molecule has 0 aromatic carbocycles. The molecule has 0 heterocycles. The van der Waals surface area contributed by atoms with Gasteiger partial charge in [0, 0.05) is 0 Å². The Morgan fingerprint density at radius 3 is 1.55 bits per heavy atom. The Morgan fingerprint density at radius 1 is 0.818 bits per heavy atom. The van der Waals surface area contributed by atoms with Gasteiger partial charge in [0.05, 0.1) is 0 Å². The van der Waals surface area contributed by atoms with Crippen molar-refractivity contribution in [1.82, 2.24) is 0 Å². The van der Waals surface area contributed by atoms with Gasteiger partial charge in [0.1, 0.15) is 0 Å². The average molecular weight is 265 g/mol. The van der Waals surface area contributed by atoms with Crippen molar-refractivity contribution in [2.45, 2.75) is 59.6 Å². The summed E-state index contributed by atoms with van der Waals surface area (Å²) >= 11 is -0.655. The molecular weight excluding hydrogens is 242 g/mol. The molecule has 0 bridgehead atoms. The van der Waals surface area contributed by atoms with E-state index in [0.717, 1.165) is 0 Å². The third kappa shape index (κ3) is 7.19. The summed E-state index contributed by atoms with van der Waals surface area (Å²) in [5.41, 5.74) is 0. The standard InChI is InChI=1S/2C4H9.C2H5.Sb/c2*1-3-4-2;1-2;/h2*1,3-4H2,2H3;1H2,2H3;. The van der Waals surface area contributed by atoms with Crippen molar-refractivity contribution < 1.29 is 0 Å². The second kappa shape index (κ2) is 8.91. The molecule has 0 saturated carbocycles. The van der Waals surface area contributed by atoms with Gasteiger partial charge in [-0.25, -0.2) is 0 Å². The van der Waals surface area contributed by atoms with Crippen molar-refractivity contribution >= 4 is 20.2 Å². The molecule has 0 amide bonds. The summed E-state index contributed by atoms with van der Waals surface area (Å²) in [6, 6.07) is 0. The van der Waals surface area contributed by atoms with Gasteiger partial charge in [0.25, 0.3) is 0 Å². The molecule has 0 N–H and O–H groups in total. The molecule has 0 nitrogen and oxygen atoms in total. The monoisotopic (exact) mass is 264 g/mol. The zero-order chi connectivity index (χ0) is 8.53. The number of hydrogen-bond acceptors (Lipinski definition) is 0. The van der Waals surface area contributed by atoms with Crippen LogP contribution in [0.25, 0.3) is 0 Å². The fourth-order valence-electron chi connectivity index (χ4n) is 1.19. The zero-order valence-electron chi connectivity index (χ0n) is 8.40. The number of rotatable bonds is 7. The minimum atomic E-state index is -0.655. The molecule has 11 heavy (non-hydrogen) atoms. The van der Waals surface area contributed by atoms with Gasteiger partial charge in [0.2, 0.25) is 0 Å². The van der Waals surface area contributed by atoms with Crippen LogP contribution in [0.15, 0.2) is 0 Å². The first-order chi connectivity index (χ1) is 5.35. The first-order valence-electron chi connectivity index (χ1n) is 5.07. The molecule has 0 aliphatic rings. The van der Waals surface area contributed by atoms with E-state index in [-0.39, 0.29) is 0 Å². The van der Waals surface area contributed by atoms with Crippen LogP contribution in [0.5, 0.6) is 0 Å². The Kier molecular flexibility index (Phi) is 9.57. The summed E-state index contributed by atoms with van der Waals surface area (Å²) in [5, 5.41) is 0. The molecule has 0 aromatic rings. The molecule has 0 radical (unpaired) electrons. The van der Waals surface area contributed by atoms with Gasteiger partial charge < -0.3 is 0 Å². The molecule has 0 aliphatic heterocycles. The molecule has 1 heteroatoms. The van der Waals surface area contributed by atoms with E-state index in [1.807, 2.05) is 0 Å². The Labute approximate surface area is 79.7 Å². The summed E-state index contributed by atoms with van der Waals surface area (Å²) < 4.78 is 4.87. The number of unbranched alkanes of at least 4 members (excludes halogenated alkanes) is 2. The predicted molar refractivity (Wildman–Crippen MR) is 55.7 cm³/mol. The summed E-state index contributed by atoms with van der Waals surface area (Å²) in [6.45, 7) is 7.04. The van der Waals surface area contributed by atoms with E-state index >= 15 is 0 Å². The van der Waals surface area contributed by atoms with E-state index in [1.54, 1.807) is 13.1 Å². The van der Waals surface area contributed by atoms with E-state index in [4.69, 9.17) is 0 Å². The summed E-state index contributed by atoms with van der Waals surface area (Å²) in [7, 11) is 0. The van der Waals surface area contributed by atoms with E-state index < -0.39 is 20.2 Å². The average Bonchev–Trinajstić information content (AvgIpc) is 2.05. The molecule has 0 aliphatic carbocycles. The Bertz CT molecular complexity index is 63.3. The molecule has 0 atom stereocenters. The van der Waals surface area contributed by atoms with Gasteiger partial charge in [-0.3, -0.25) is 0 Å². The topological polar surface area (TPSA) is 0 Å². The van der Waals surface area contributed by atoms with E-state index in [9.17, 15) is 0 Å². The Morgan fingerprint density at radius 2 is 1.27 bits per heavy atom. The molecule has 0 fully saturated rings. The summed E-state index contributed by atoms with van der Waals surface area (Å²) in [6.07, 6.45) is 5.85. The first-order valence-corrected chi connectivity index (χ1v) is 10.5. The van der Waals surface area contributed by atoms with E-state index in [2.05, 4.69) is 20.8 Å². The van der Waals surface area contributed by atoms with Crippen LogP contribution in [0.3, 0.4) is 0 Å². The van der Waals surface area contributed by atoms with Crippen LogP contribution in [-0.4, -0.2) is 20.2 Å². The minimum absolute atomic E-state index is 0.655. The molecule has 0 aromatic heterocycles. The van der Waals surface area contributed by atoms with Gasteiger partial charge in [-0.05, 0) is 0 Å². The first kappa shape index (κ1) is 11.8. The van der Waals surface area contributed by atoms with Crippen molar-refractivity contribution in [3.05, 3.63) is 0 Å². The van der Waals surface area contributed by atoms with Crippen LogP contribution in [0.4, 0.5) is 0 Å². The van der Waals surface area contributed by atoms with Gasteiger partial charge in [-0.1, -0.05) is 0 Å². The summed E-state index contributed by atoms with van der Waals surface area (Å²) in [4.78, 5) is 0. The van der Waals surface area contributed by atoms with Crippen molar-refractivity contribution in [1.29, 1.82) is 0 Å². The maximum atomic E-state index is 2.41. The third-order valence-corrected chi connectivity index (χ3v) is 10.1. The zero-order valence-corrected chi connectivity index (χ0v) is 10.9. The van der Waals surface area contributed by atoms with Crippen LogP contribution in [-0.2, 0) is 0 Å². The molecule has 0 spiro atoms. The van der Waals surface area contributed by atoms with Crippen LogP contribution in [0.2, 0.25) is 13.1 Å². The van der Waals surface area contributed by atoms with Gasteiger partial charge >= 0.3 is 79.8 Å². The molecule has 0 rings (SSSR count). The maximum absolute atomic E-state index is 2.41. The van der Waals surface area contributed by atoms with Crippen molar-refractivity contribution in [3.63, 3.8) is 0 Å². The van der Waals surface area contributed by atoms with Crippen molar-refractivity contribution in [2.75, 3.05) is 0 Å².